The van der Waals surface area contributed by atoms with Gasteiger partial charge in [-0.25, -0.2) is 4.79 Å². The third kappa shape index (κ3) is 4.58. The predicted molar refractivity (Wildman–Crippen MR) is 121 cm³/mol. The smallest absolute Gasteiger partial charge is 0.324 e. The van der Waals surface area contributed by atoms with Crippen molar-refractivity contribution >= 4 is 40.0 Å². The Bertz CT molecular complexity index is 1230. The number of amides is 3. The number of H-pyrrole nitrogens is 1. The number of carbonyl (C=O) groups is 2. The van der Waals surface area contributed by atoms with Crippen LogP contribution < -0.4 is 16.0 Å². The van der Waals surface area contributed by atoms with Crippen LogP contribution in [0.15, 0.2) is 65.3 Å². The largest absolute Gasteiger partial charge is 0.360 e. The van der Waals surface area contributed by atoms with E-state index in [1.165, 1.54) is 0 Å². The molecule has 4 N–H and O–H groups in total. The number of urea groups is 1. The van der Waals surface area contributed by atoms with Crippen molar-refractivity contribution in [2.75, 3.05) is 16.0 Å². The van der Waals surface area contributed by atoms with Crippen molar-refractivity contribution in [1.29, 1.82) is 0 Å². The summed E-state index contributed by atoms with van der Waals surface area (Å²) in [6.07, 6.45) is 1.69. The lowest BCUT2D eigenvalue weighted by Crippen LogP contribution is -2.19. The van der Waals surface area contributed by atoms with Crippen molar-refractivity contribution in [3.63, 3.8) is 0 Å². The topological polar surface area (TPSA) is 112 Å². The van der Waals surface area contributed by atoms with Crippen molar-refractivity contribution in [1.82, 2.24) is 10.1 Å². The number of aromatic nitrogens is 2. The number of nitrogens with one attached hydrogen (secondary N) is 4. The second-order valence-corrected chi connectivity index (χ2v) is 8.18. The Morgan fingerprint density at radius 2 is 1.61 bits per heavy atom. The van der Waals surface area contributed by atoms with Gasteiger partial charge < -0.3 is 20.1 Å². The molecule has 4 rings (SSSR count). The van der Waals surface area contributed by atoms with Gasteiger partial charge in [0.25, 0.3) is 5.91 Å². The molecule has 0 saturated heterocycles. The van der Waals surface area contributed by atoms with Gasteiger partial charge in [0, 0.05) is 40.0 Å². The second-order valence-electron chi connectivity index (χ2n) is 8.18. The summed E-state index contributed by atoms with van der Waals surface area (Å²) in [4.78, 5) is 27.9. The van der Waals surface area contributed by atoms with Gasteiger partial charge in [-0.3, -0.25) is 10.1 Å². The van der Waals surface area contributed by atoms with Crippen LogP contribution >= 0.6 is 0 Å². The molecule has 2 aromatic carbocycles. The third-order valence-corrected chi connectivity index (χ3v) is 4.73. The van der Waals surface area contributed by atoms with Crippen LogP contribution in [-0.2, 0) is 5.41 Å². The Balaban J connectivity index is 1.36. The zero-order valence-electron chi connectivity index (χ0n) is 17.4. The number of fused-ring (bicyclic) bond motifs is 1. The highest BCUT2D eigenvalue weighted by Gasteiger charge is 2.20. The summed E-state index contributed by atoms with van der Waals surface area (Å²) in [5.41, 5.74) is 2.46. The molecule has 0 radical (unpaired) electrons. The SMILES string of the molecule is CC(C)(C)c1cc(NC(=O)Nc2ccc(NC(=O)c3c[nH]c4ccccc34)cc2)no1. The first-order valence-corrected chi connectivity index (χ1v) is 9.82. The van der Waals surface area contributed by atoms with E-state index in [0.717, 1.165) is 10.9 Å². The first-order valence-electron chi connectivity index (χ1n) is 9.82. The molecule has 0 unspecified atom stereocenters. The van der Waals surface area contributed by atoms with Gasteiger partial charge in [-0.15, -0.1) is 0 Å². The minimum atomic E-state index is -0.440. The lowest BCUT2D eigenvalue weighted by Gasteiger charge is -2.12. The molecule has 31 heavy (non-hydrogen) atoms. The fourth-order valence-electron chi connectivity index (χ4n) is 3.06. The van der Waals surface area contributed by atoms with E-state index in [-0.39, 0.29) is 11.3 Å². The van der Waals surface area contributed by atoms with Crippen LogP contribution in [-0.4, -0.2) is 22.1 Å². The minimum absolute atomic E-state index is 0.198. The van der Waals surface area contributed by atoms with Gasteiger partial charge in [-0.2, -0.15) is 0 Å². The van der Waals surface area contributed by atoms with E-state index in [4.69, 9.17) is 4.52 Å². The van der Waals surface area contributed by atoms with Gasteiger partial charge in [0.1, 0.15) is 5.76 Å². The van der Waals surface area contributed by atoms with Crippen molar-refractivity contribution < 1.29 is 14.1 Å². The molecule has 0 aliphatic heterocycles. The highest BCUT2D eigenvalue weighted by molar-refractivity contribution is 6.12. The zero-order valence-corrected chi connectivity index (χ0v) is 17.4. The Morgan fingerprint density at radius 3 is 2.29 bits per heavy atom. The summed E-state index contributed by atoms with van der Waals surface area (Å²) in [7, 11) is 0. The van der Waals surface area contributed by atoms with E-state index in [1.54, 1.807) is 36.5 Å². The number of anilines is 3. The van der Waals surface area contributed by atoms with E-state index in [2.05, 4.69) is 26.1 Å². The van der Waals surface area contributed by atoms with Crippen LogP contribution in [0.25, 0.3) is 10.9 Å². The normalized spacial score (nSPS) is 11.3. The summed E-state index contributed by atoms with van der Waals surface area (Å²) < 4.78 is 5.26. The van der Waals surface area contributed by atoms with E-state index in [9.17, 15) is 9.59 Å². The average Bonchev–Trinajstić information content (AvgIpc) is 3.36. The van der Waals surface area contributed by atoms with Crippen LogP contribution in [0.5, 0.6) is 0 Å². The number of carbonyl (C=O) groups excluding carboxylic acids is 2. The van der Waals surface area contributed by atoms with Crippen molar-refractivity contribution in [3.05, 3.63) is 72.1 Å². The van der Waals surface area contributed by atoms with E-state index in [1.807, 2.05) is 45.0 Å². The fourth-order valence-corrected chi connectivity index (χ4v) is 3.06. The highest BCUT2D eigenvalue weighted by Crippen LogP contribution is 2.24. The Kier molecular flexibility index (Phi) is 5.21. The van der Waals surface area contributed by atoms with Gasteiger partial charge in [-0.05, 0) is 30.3 Å². The highest BCUT2D eigenvalue weighted by atomic mass is 16.5. The standard InChI is InChI=1S/C23H23N5O3/c1-23(2,3)19-12-20(28-31-19)27-22(30)26-15-10-8-14(9-11-15)25-21(29)17-13-24-18-7-5-4-6-16(17)18/h4-13,24H,1-3H3,(H,25,29)(H2,26,27,28,30). The van der Waals surface area contributed by atoms with Gasteiger partial charge in [0.2, 0.25) is 0 Å². The Hall–Kier alpha value is -4.07. The molecule has 0 saturated carbocycles. The molecule has 0 atom stereocenters. The van der Waals surface area contributed by atoms with Crippen molar-refractivity contribution in [2.24, 2.45) is 0 Å². The number of hydrogen-bond donors (Lipinski definition) is 4. The Labute approximate surface area is 179 Å². The van der Waals surface area contributed by atoms with Crippen LogP contribution in [0.3, 0.4) is 0 Å². The molecule has 158 valence electrons. The molecule has 2 heterocycles. The molecular weight excluding hydrogens is 394 g/mol. The quantitative estimate of drug-likeness (QED) is 0.358. The first kappa shape index (κ1) is 20.2. The van der Waals surface area contributed by atoms with Gasteiger partial charge in [-0.1, -0.05) is 44.1 Å². The molecule has 0 aliphatic rings. The molecule has 8 nitrogen and oxygen atoms in total. The second kappa shape index (κ2) is 7.98. The van der Waals surface area contributed by atoms with Gasteiger partial charge in [0.15, 0.2) is 5.82 Å². The van der Waals surface area contributed by atoms with Gasteiger partial charge >= 0.3 is 6.03 Å². The van der Waals surface area contributed by atoms with Crippen molar-refractivity contribution in [3.8, 4) is 0 Å². The zero-order chi connectivity index (χ0) is 22.0. The molecule has 0 bridgehead atoms. The summed E-state index contributed by atoms with van der Waals surface area (Å²) in [6, 6.07) is 15.7. The van der Waals surface area contributed by atoms with Crippen LogP contribution in [0.2, 0.25) is 0 Å². The summed E-state index contributed by atoms with van der Waals surface area (Å²) in [5.74, 6) is 0.805. The number of hydrogen-bond acceptors (Lipinski definition) is 4. The number of benzene rings is 2. The van der Waals surface area contributed by atoms with Gasteiger partial charge in [0.05, 0.1) is 5.56 Å². The lowest BCUT2D eigenvalue weighted by atomic mass is 9.93. The summed E-state index contributed by atoms with van der Waals surface area (Å²) in [5, 5.41) is 12.9. The maximum absolute atomic E-state index is 12.6. The molecule has 2 aromatic heterocycles. The van der Waals surface area contributed by atoms with Crippen molar-refractivity contribution in [2.45, 2.75) is 26.2 Å². The number of rotatable bonds is 4. The van der Waals surface area contributed by atoms with E-state index in [0.29, 0.717) is 28.5 Å². The number of para-hydroxylation sites is 1. The van der Waals surface area contributed by atoms with E-state index < -0.39 is 6.03 Å². The average molecular weight is 417 g/mol. The minimum Gasteiger partial charge on any atom is -0.360 e. The number of aromatic amines is 1. The molecule has 0 spiro atoms. The first-order chi connectivity index (χ1) is 14.8. The number of nitrogens with zero attached hydrogens (tertiary/aromatic N) is 1. The monoisotopic (exact) mass is 417 g/mol. The molecule has 4 aromatic rings. The molecule has 3 amide bonds. The predicted octanol–water partition coefficient (Wildman–Crippen LogP) is 5.35. The summed E-state index contributed by atoms with van der Waals surface area (Å²) in [6.45, 7) is 5.99. The van der Waals surface area contributed by atoms with Crippen LogP contribution in [0.4, 0.5) is 22.0 Å². The van der Waals surface area contributed by atoms with Crippen LogP contribution in [0.1, 0.15) is 36.9 Å². The molecule has 8 heteroatoms. The Morgan fingerprint density at radius 1 is 0.935 bits per heavy atom. The third-order valence-electron chi connectivity index (χ3n) is 4.73. The maximum atomic E-state index is 12.6. The maximum Gasteiger partial charge on any atom is 0.324 e. The van der Waals surface area contributed by atoms with Crippen LogP contribution in [0, 0.1) is 0 Å². The molecule has 0 fully saturated rings. The fraction of sp³-hybridized carbons (Fsp3) is 0.174. The molecule has 0 aliphatic carbocycles. The van der Waals surface area contributed by atoms with E-state index >= 15 is 0 Å². The summed E-state index contributed by atoms with van der Waals surface area (Å²) >= 11 is 0. The molecular formula is C23H23N5O3. The lowest BCUT2D eigenvalue weighted by molar-refractivity contribution is 0.102.